The number of aliphatic hydroxyl groups is 1. The molecule has 1 N–H and O–H groups in total. The van der Waals surface area contributed by atoms with Gasteiger partial charge in [0.15, 0.2) is 9.84 Å². The van der Waals surface area contributed by atoms with Crippen LogP contribution < -0.4 is 0 Å². The summed E-state index contributed by atoms with van der Waals surface area (Å²) in [4.78, 5) is 0.301. The molecule has 1 aromatic carbocycles. The van der Waals surface area contributed by atoms with E-state index in [1.54, 1.807) is 24.3 Å². The lowest BCUT2D eigenvalue weighted by atomic mass is 10.00. The first kappa shape index (κ1) is 13.6. The Morgan fingerprint density at radius 1 is 1.17 bits per heavy atom. The quantitative estimate of drug-likeness (QED) is 0.912. The third kappa shape index (κ3) is 2.75. The minimum absolute atomic E-state index is 0.301. The van der Waals surface area contributed by atoms with Crippen LogP contribution in [-0.2, 0) is 9.84 Å². The predicted octanol–water partition coefficient (Wildman–Crippen LogP) is 2.42. The van der Waals surface area contributed by atoms with Crippen LogP contribution in [0.15, 0.2) is 29.2 Å². The van der Waals surface area contributed by atoms with E-state index in [4.69, 9.17) is 0 Å². The Morgan fingerprint density at radius 3 is 2.11 bits per heavy atom. The topological polar surface area (TPSA) is 54.4 Å². The van der Waals surface area contributed by atoms with Gasteiger partial charge in [-0.25, -0.2) is 8.42 Å². The van der Waals surface area contributed by atoms with Gasteiger partial charge in [0.1, 0.15) is 0 Å². The third-order valence-electron chi connectivity index (χ3n) is 3.80. The lowest BCUT2D eigenvalue weighted by molar-refractivity contribution is 0.142. The van der Waals surface area contributed by atoms with Crippen LogP contribution in [-0.4, -0.2) is 19.8 Å². The molecule has 1 aromatic rings. The fraction of sp³-hybridized carbons (Fsp3) is 0.571. The average molecular weight is 268 g/mol. The van der Waals surface area contributed by atoms with Gasteiger partial charge < -0.3 is 5.11 Å². The second-order valence-corrected chi connectivity index (χ2v) is 7.61. The van der Waals surface area contributed by atoms with Crippen molar-refractivity contribution in [3.8, 4) is 0 Å². The zero-order chi connectivity index (χ0) is 13.5. The molecule has 18 heavy (non-hydrogen) atoms. The molecule has 4 heteroatoms. The van der Waals surface area contributed by atoms with Gasteiger partial charge in [-0.2, -0.15) is 0 Å². The molecular formula is C14H20O3S. The smallest absolute Gasteiger partial charge is 0.175 e. The summed E-state index contributed by atoms with van der Waals surface area (Å²) in [7, 11) is -3.16. The molecule has 1 aliphatic carbocycles. The molecule has 3 unspecified atom stereocenters. The minimum Gasteiger partial charge on any atom is -0.388 e. The molecule has 0 spiro atoms. The molecule has 0 radical (unpaired) electrons. The second kappa shape index (κ2) is 4.67. The van der Waals surface area contributed by atoms with Crippen LogP contribution >= 0.6 is 0 Å². The lowest BCUT2D eigenvalue weighted by Gasteiger charge is -2.12. The molecule has 3 nitrogen and oxygen atoms in total. The molecular weight excluding hydrogens is 248 g/mol. The first-order valence-electron chi connectivity index (χ1n) is 6.29. The van der Waals surface area contributed by atoms with E-state index in [-0.39, 0.29) is 0 Å². The van der Waals surface area contributed by atoms with Gasteiger partial charge in [-0.3, -0.25) is 0 Å². The minimum atomic E-state index is -3.16. The van der Waals surface area contributed by atoms with Gasteiger partial charge in [0, 0.05) is 6.26 Å². The molecule has 100 valence electrons. The van der Waals surface area contributed by atoms with E-state index < -0.39 is 15.9 Å². The van der Waals surface area contributed by atoms with E-state index in [0.29, 0.717) is 22.6 Å². The van der Waals surface area contributed by atoms with Crippen LogP contribution in [0.25, 0.3) is 0 Å². The fourth-order valence-electron chi connectivity index (χ4n) is 2.52. The summed E-state index contributed by atoms with van der Waals surface area (Å²) in [6.45, 7) is 4.34. The number of benzene rings is 1. The van der Waals surface area contributed by atoms with E-state index in [2.05, 4.69) is 13.8 Å². The van der Waals surface area contributed by atoms with Gasteiger partial charge >= 0.3 is 0 Å². The van der Waals surface area contributed by atoms with E-state index in [0.717, 1.165) is 12.0 Å². The molecule has 0 saturated heterocycles. The Kier molecular flexibility index (Phi) is 3.52. The summed E-state index contributed by atoms with van der Waals surface area (Å²) < 4.78 is 22.7. The number of hydrogen-bond donors (Lipinski definition) is 1. The zero-order valence-electron chi connectivity index (χ0n) is 11.0. The van der Waals surface area contributed by atoms with Gasteiger partial charge in [-0.15, -0.1) is 0 Å². The van der Waals surface area contributed by atoms with Crippen molar-refractivity contribution >= 4 is 9.84 Å². The Balaban J connectivity index is 2.11. The largest absolute Gasteiger partial charge is 0.388 e. The Morgan fingerprint density at radius 2 is 1.72 bits per heavy atom. The van der Waals surface area contributed by atoms with Crippen molar-refractivity contribution in [1.82, 2.24) is 0 Å². The number of hydrogen-bond acceptors (Lipinski definition) is 3. The van der Waals surface area contributed by atoms with Crippen LogP contribution in [0.4, 0.5) is 0 Å². The summed E-state index contributed by atoms with van der Waals surface area (Å²) in [5.74, 6) is 1.52. The van der Waals surface area contributed by atoms with E-state index in [1.165, 1.54) is 6.26 Å². The first-order valence-corrected chi connectivity index (χ1v) is 8.18. The average Bonchev–Trinajstić information content (AvgIpc) is 3.07. The van der Waals surface area contributed by atoms with E-state index in [9.17, 15) is 13.5 Å². The van der Waals surface area contributed by atoms with Crippen molar-refractivity contribution in [2.24, 2.45) is 17.8 Å². The summed E-state index contributed by atoms with van der Waals surface area (Å²) in [6, 6.07) is 6.58. The van der Waals surface area contributed by atoms with E-state index >= 15 is 0 Å². The molecule has 0 heterocycles. The second-order valence-electron chi connectivity index (χ2n) is 5.59. The van der Waals surface area contributed by atoms with Gasteiger partial charge in [-0.1, -0.05) is 26.0 Å². The molecule has 1 saturated carbocycles. The van der Waals surface area contributed by atoms with Crippen LogP contribution in [0.5, 0.6) is 0 Å². The predicted molar refractivity (Wildman–Crippen MR) is 70.9 cm³/mol. The Hall–Kier alpha value is -0.870. The molecule has 0 aromatic heterocycles. The van der Waals surface area contributed by atoms with Crippen molar-refractivity contribution in [2.75, 3.05) is 6.26 Å². The standard InChI is InChI=1S/C14H20O3S/c1-9(2)12-8-13(12)14(15)10-4-6-11(7-5-10)18(3,16)17/h4-7,9,12-15H,8H2,1-3H3. The van der Waals surface area contributed by atoms with Gasteiger partial charge in [0.2, 0.25) is 0 Å². The maximum atomic E-state index is 11.3. The molecule has 2 rings (SSSR count). The van der Waals surface area contributed by atoms with Crippen molar-refractivity contribution in [3.63, 3.8) is 0 Å². The molecule has 0 bridgehead atoms. The Labute approximate surface area is 109 Å². The highest BCUT2D eigenvalue weighted by Crippen LogP contribution is 2.51. The van der Waals surface area contributed by atoms with E-state index in [1.807, 2.05) is 0 Å². The summed E-state index contributed by atoms with van der Waals surface area (Å²) >= 11 is 0. The highest BCUT2D eigenvalue weighted by Gasteiger charge is 2.44. The van der Waals surface area contributed by atoms with Gasteiger partial charge in [-0.05, 0) is 41.9 Å². The maximum Gasteiger partial charge on any atom is 0.175 e. The van der Waals surface area contributed by atoms with Crippen LogP contribution in [0.3, 0.4) is 0 Å². The summed E-state index contributed by atoms with van der Waals surface area (Å²) in [5, 5.41) is 10.2. The van der Waals surface area contributed by atoms with Crippen molar-refractivity contribution in [2.45, 2.75) is 31.3 Å². The fourth-order valence-corrected chi connectivity index (χ4v) is 3.16. The molecule has 3 atom stereocenters. The SMILES string of the molecule is CC(C)C1CC1C(O)c1ccc(S(C)(=O)=O)cc1. The van der Waals surface area contributed by atoms with Crippen LogP contribution in [0, 0.1) is 17.8 Å². The zero-order valence-corrected chi connectivity index (χ0v) is 11.8. The maximum absolute atomic E-state index is 11.3. The molecule has 0 amide bonds. The first-order chi connectivity index (χ1) is 8.30. The number of sulfone groups is 1. The molecule has 1 fully saturated rings. The summed E-state index contributed by atoms with van der Waals surface area (Å²) in [5.41, 5.74) is 0.815. The van der Waals surface area contributed by atoms with Crippen molar-refractivity contribution < 1.29 is 13.5 Å². The normalized spacial score (nSPS) is 25.2. The monoisotopic (exact) mass is 268 g/mol. The lowest BCUT2D eigenvalue weighted by Crippen LogP contribution is -2.05. The highest BCUT2D eigenvalue weighted by atomic mass is 32.2. The number of aliphatic hydroxyl groups excluding tert-OH is 1. The summed E-state index contributed by atoms with van der Waals surface area (Å²) in [6.07, 6.45) is 1.78. The third-order valence-corrected chi connectivity index (χ3v) is 4.93. The molecule has 0 aliphatic heterocycles. The van der Waals surface area contributed by atoms with Crippen molar-refractivity contribution in [3.05, 3.63) is 29.8 Å². The Bertz CT molecular complexity index is 516. The highest BCUT2D eigenvalue weighted by molar-refractivity contribution is 7.90. The van der Waals surface area contributed by atoms with Crippen molar-refractivity contribution in [1.29, 1.82) is 0 Å². The molecule has 1 aliphatic rings. The van der Waals surface area contributed by atoms with Crippen LogP contribution in [0.1, 0.15) is 31.9 Å². The van der Waals surface area contributed by atoms with Crippen LogP contribution in [0.2, 0.25) is 0 Å². The van der Waals surface area contributed by atoms with Gasteiger partial charge in [0.05, 0.1) is 11.0 Å². The number of rotatable bonds is 4. The van der Waals surface area contributed by atoms with Gasteiger partial charge in [0.25, 0.3) is 0 Å².